The molecule has 0 aromatic heterocycles. The average molecular weight is 270 g/mol. The van der Waals surface area contributed by atoms with Gasteiger partial charge in [0.05, 0.1) is 4.90 Å². The number of benzene rings is 1. The monoisotopic (exact) mass is 270 g/mol. The second kappa shape index (κ2) is 6.31. The predicted octanol–water partition coefficient (Wildman–Crippen LogP) is 1.74. The van der Waals surface area contributed by atoms with E-state index in [2.05, 4.69) is 5.32 Å². The normalized spacial score (nSPS) is 12.1. The number of hydrogen-bond donors (Lipinski definition) is 1. The molecule has 18 heavy (non-hydrogen) atoms. The summed E-state index contributed by atoms with van der Waals surface area (Å²) in [5, 5.41) is 3.22. The largest absolute Gasteiger partial charge is 0.313 e. The summed E-state index contributed by atoms with van der Waals surface area (Å²) in [6.45, 7) is 7.76. The second-order valence-electron chi connectivity index (χ2n) is 4.24. The minimum Gasteiger partial charge on any atom is -0.313 e. The van der Waals surface area contributed by atoms with Gasteiger partial charge in [0.25, 0.3) is 0 Å². The highest BCUT2D eigenvalue weighted by atomic mass is 32.2. The minimum absolute atomic E-state index is 0.405. The van der Waals surface area contributed by atoms with E-state index >= 15 is 0 Å². The molecule has 1 N–H and O–H groups in total. The van der Waals surface area contributed by atoms with Crippen LogP contribution in [0.2, 0.25) is 0 Å². The minimum atomic E-state index is -3.36. The highest BCUT2D eigenvalue weighted by Gasteiger charge is 2.22. The number of sulfonamides is 1. The van der Waals surface area contributed by atoms with Crippen LogP contribution in [0.15, 0.2) is 23.1 Å². The van der Waals surface area contributed by atoms with E-state index in [1.165, 1.54) is 4.31 Å². The molecule has 102 valence electrons. The molecule has 0 unspecified atom stereocenters. The quantitative estimate of drug-likeness (QED) is 0.856. The second-order valence-corrected chi connectivity index (χ2v) is 6.25. The van der Waals surface area contributed by atoms with Crippen molar-refractivity contribution in [2.45, 2.75) is 32.2 Å². The molecule has 0 atom stereocenters. The van der Waals surface area contributed by atoms with Gasteiger partial charge in [-0.15, -0.1) is 0 Å². The van der Waals surface area contributed by atoms with E-state index < -0.39 is 10.0 Å². The molecule has 1 aromatic rings. The van der Waals surface area contributed by atoms with Gasteiger partial charge < -0.3 is 5.32 Å². The molecule has 0 aliphatic carbocycles. The first kappa shape index (κ1) is 15.1. The fourth-order valence-corrected chi connectivity index (χ4v) is 3.17. The molecule has 0 bridgehead atoms. The Kier molecular flexibility index (Phi) is 5.31. The van der Waals surface area contributed by atoms with Crippen LogP contribution in [-0.2, 0) is 16.6 Å². The molecule has 1 rings (SSSR count). The lowest BCUT2D eigenvalue weighted by Gasteiger charge is -2.18. The van der Waals surface area contributed by atoms with Crippen molar-refractivity contribution in [1.82, 2.24) is 9.62 Å². The predicted molar refractivity (Wildman–Crippen MR) is 74.0 cm³/mol. The van der Waals surface area contributed by atoms with Crippen LogP contribution >= 0.6 is 0 Å². The van der Waals surface area contributed by atoms with Crippen molar-refractivity contribution in [3.63, 3.8) is 0 Å². The van der Waals surface area contributed by atoms with Gasteiger partial charge in [0.2, 0.25) is 10.0 Å². The fraction of sp³-hybridized carbons (Fsp3) is 0.538. The van der Waals surface area contributed by atoms with Crippen molar-refractivity contribution in [2.24, 2.45) is 0 Å². The topological polar surface area (TPSA) is 49.4 Å². The standard InChI is InChI=1S/C13H22N2O2S/c1-5-14-10-12-8-7-9-13(11(12)3)18(16,17)15(4)6-2/h7-9,14H,5-6,10H2,1-4H3. The lowest BCUT2D eigenvalue weighted by Crippen LogP contribution is -2.27. The van der Waals surface area contributed by atoms with Crippen LogP contribution in [0.4, 0.5) is 0 Å². The number of hydrogen-bond acceptors (Lipinski definition) is 3. The van der Waals surface area contributed by atoms with E-state index in [9.17, 15) is 8.42 Å². The smallest absolute Gasteiger partial charge is 0.243 e. The Morgan fingerprint density at radius 1 is 1.28 bits per heavy atom. The van der Waals surface area contributed by atoms with Crippen LogP contribution in [-0.4, -0.2) is 32.9 Å². The van der Waals surface area contributed by atoms with Crippen LogP contribution < -0.4 is 5.32 Å². The molecule has 0 heterocycles. The zero-order chi connectivity index (χ0) is 13.8. The maximum atomic E-state index is 12.3. The number of nitrogens with zero attached hydrogens (tertiary/aromatic N) is 1. The van der Waals surface area contributed by atoms with Gasteiger partial charge in [-0.2, -0.15) is 0 Å². The molecule has 0 radical (unpaired) electrons. The first-order valence-corrected chi connectivity index (χ1v) is 7.64. The summed E-state index contributed by atoms with van der Waals surface area (Å²) in [5.41, 5.74) is 1.86. The number of nitrogens with one attached hydrogen (secondary N) is 1. The molecule has 1 aromatic carbocycles. The Labute approximate surface area is 110 Å². The van der Waals surface area contributed by atoms with Gasteiger partial charge in [-0.1, -0.05) is 26.0 Å². The maximum Gasteiger partial charge on any atom is 0.243 e. The average Bonchev–Trinajstić information content (AvgIpc) is 2.36. The molecule has 0 saturated carbocycles. The van der Waals surface area contributed by atoms with Crippen LogP contribution in [0.25, 0.3) is 0 Å². The van der Waals surface area contributed by atoms with Gasteiger partial charge in [0.15, 0.2) is 0 Å². The summed E-state index contributed by atoms with van der Waals surface area (Å²) in [7, 11) is -1.76. The molecule has 0 aliphatic rings. The first-order chi connectivity index (χ1) is 8.45. The molecular formula is C13H22N2O2S. The molecule has 4 nitrogen and oxygen atoms in total. The van der Waals surface area contributed by atoms with E-state index in [-0.39, 0.29) is 0 Å². The van der Waals surface area contributed by atoms with Crippen LogP contribution in [0.1, 0.15) is 25.0 Å². The lowest BCUT2D eigenvalue weighted by atomic mass is 10.1. The third kappa shape index (κ3) is 3.10. The Balaban J connectivity index is 3.18. The third-order valence-corrected chi connectivity index (χ3v) is 5.17. The molecule has 0 aliphatic heterocycles. The van der Waals surface area contributed by atoms with Crippen LogP contribution in [0.3, 0.4) is 0 Å². The van der Waals surface area contributed by atoms with E-state index in [1.807, 2.05) is 26.8 Å². The van der Waals surface area contributed by atoms with Crippen molar-refractivity contribution in [3.8, 4) is 0 Å². The Bertz CT molecular complexity index is 498. The van der Waals surface area contributed by atoms with Crippen molar-refractivity contribution in [2.75, 3.05) is 20.1 Å². The summed E-state index contributed by atoms with van der Waals surface area (Å²) in [4.78, 5) is 0.405. The van der Waals surface area contributed by atoms with E-state index in [0.29, 0.717) is 18.0 Å². The molecule has 0 saturated heterocycles. The zero-order valence-electron chi connectivity index (χ0n) is 11.5. The third-order valence-electron chi connectivity index (χ3n) is 3.10. The molecular weight excluding hydrogens is 248 g/mol. The molecule has 0 fully saturated rings. The summed E-state index contributed by atoms with van der Waals surface area (Å²) < 4.78 is 26.0. The van der Waals surface area contributed by atoms with Crippen molar-refractivity contribution >= 4 is 10.0 Å². The SMILES string of the molecule is CCNCc1cccc(S(=O)(=O)N(C)CC)c1C. The Hall–Kier alpha value is -0.910. The van der Waals surface area contributed by atoms with Gasteiger partial charge in [-0.25, -0.2) is 12.7 Å². The zero-order valence-corrected chi connectivity index (χ0v) is 12.3. The Morgan fingerprint density at radius 2 is 1.94 bits per heavy atom. The fourth-order valence-electron chi connectivity index (χ4n) is 1.73. The van der Waals surface area contributed by atoms with Crippen LogP contribution in [0.5, 0.6) is 0 Å². The number of rotatable bonds is 6. The summed E-state index contributed by atoms with van der Waals surface area (Å²) in [6, 6.07) is 5.44. The summed E-state index contributed by atoms with van der Waals surface area (Å²) >= 11 is 0. The van der Waals surface area contributed by atoms with Crippen molar-refractivity contribution < 1.29 is 8.42 Å². The van der Waals surface area contributed by atoms with Gasteiger partial charge >= 0.3 is 0 Å². The molecule has 0 amide bonds. The van der Waals surface area contributed by atoms with Gasteiger partial charge in [0, 0.05) is 20.1 Å². The lowest BCUT2D eigenvalue weighted by molar-refractivity contribution is 0.485. The summed E-state index contributed by atoms with van der Waals surface area (Å²) in [6.07, 6.45) is 0. The van der Waals surface area contributed by atoms with Crippen LogP contribution in [0, 0.1) is 6.92 Å². The maximum absolute atomic E-state index is 12.3. The highest BCUT2D eigenvalue weighted by molar-refractivity contribution is 7.89. The van der Waals surface area contributed by atoms with E-state index in [1.54, 1.807) is 19.2 Å². The van der Waals surface area contributed by atoms with E-state index in [0.717, 1.165) is 17.7 Å². The van der Waals surface area contributed by atoms with Gasteiger partial charge in [-0.05, 0) is 30.7 Å². The first-order valence-electron chi connectivity index (χ1n) is 6.20. The highest BCUT2D eigenvalue weighted by Crippen LogP contribution is 2.21. The molecule has 0 spiro atoms. The van der Waals surface area contributed by atoms with E-state index in [4.69, 9.17) is 0 Å². The van der Waals surface area contributed by atoms with Gasteiger partial charge in [0.1, 0.15) is 0 Å². The molecule has 5 heteroatoms. The van der Waals surface area contributed by atoms with Gasteiger partial charge in [-0.3, -0.25) is 0 Å². The van der Waals surface area contributed by atoms with Crippen molar-refractivity contribution in [3.05, 3.63) is 29.3 Å². The Morgan fingerprint density at radius 3 is 2.50 bits per heavy atom. The van der Waals surface area contributed by atoms with Crippen molar-refractivity contribution in [1.29, 1.82) is 0 Å². The summed E-state index contributed by atoms with van der Waals surface area (Å²) in [5.74, 6) is 0.